The molecule has 0 heterocycles. The van der Waals surface area contributed by atoms with E-state index in [0.29, 0.717) is 0 Å². The van der Waals surface area contributed by atoms with E-state index in [9.17, 15) is 13.2 Å². The molecule has 21 heavy (non-hydrogen) atoms. The summed E-state index contributed by atoms with van der Waals surface area (Å²) >= 11 is 0. The quantitative estimate of drug-likeness (QED) is 0.763. The Kier molecular flexibility index (Phi) is 4.52. The number of hydrogen-bond donors (Lipinski definition) is 0. The second kappa shape index (κ2) is 6.35. The van der Waals surface area contributed by atoms with E-state index in [1.807, 2.05) is 0 Å². The Balaban J connectivity index is 2.43. The number of ether oxygens (including phenoxy) is 2. The zero-order chi connectivity index (χ0) is 15.4. The van der Waals surface area contributed by atoms with E-state index < -0.39 is 17.5 Å². The highest BCUT2D eigenvalue weighted by molar-refractivity contribution is 5.66. The smallest absolute Gasteiger partial charge is 0.201 e. The van der Waals surface area contributed by atoms with Gasteiger partial charge >= 0.3 is 0 Å². The normalized spacial score (nSPS) is 10.3. The molecule has 0 amide bonds. The van der Waals surface area contributed by atoms with Crippen LogP contribution in [0.4, 0.5) is 13.2 Å². The van der Waals surface area contributed by atoms with E-state index >= 15 is 0 Å². The topological polar surface area (TPSA) is 18.5 Å². The fraction of sp³-hybridized carbons (Fsp3) is 0.125. The molecule has 2 rings (SSSR count). The SMILES string of the molecule is C=CCOc1ccc(-c2ccc(OC)c(F)c2F)c(F)c1. The first-order valence-corrected chi connectivity index (χ1v) is 6.14. The van der Waals surface area contributed by atoms with Crippen molar-refractivity contribution in [3.05, 3.63) is 60.4 Å². The number of halogens is 3. The Hall–Kier alpha value is -2.43. The van der Waals surface area contributed by atoms with Crippen LogP contribution in [0.1, 0.15) is 0 Å². The van der Waals surface area contributed by atoms with Crippen LogP contribution >= 0.6 is 0 Å². The average molecular weight is 294 g/mol. The Morgan fingerprint density at radius 2 is 1.76 bits per heavy atom. The molecule has 0 fully saturated rings. The summed E-state index contributed by atoms with van der Waals surface area (Å²) in [5.74, 6) is -2.97. The summed E-state index contributed by atoms with van der Waals surface area (Å²) in [6, 6.07) is 6.43. The zero-order valence-electron chi connectivity index (χ0n) is 11.3. The van der Waals surface area contributed by atoms with E-state index in [4.69, 9.17) is 4.74 Å². The molecule has 0 bridgehead atoms. The predicted molar refractivity (Wildman–Crippen MR) is 74.0 cm³/mol. The molecule has 2 aromatic carbocycles. The molecule has 0 radical (unpaired) electrons. The van der Waals surface area contributed by atoms with Crippen LogP contribution in [0.3, 0.4) is 0 Å². The lowest BCUT2D eigenvalue weighted by molar-refractivity contribution is 0.361. The lowest BCUT2D eigenvalue weighted by atomic mass is 10.0. The van der Waals surface area contributed by atoms with Crippen molar-refractivity contribution in [1.82, 2.24) is 0 Å². The van der Waals surface area contributed by atoms with Gasteiger partial charge in [-0.3, -0.25) is 0 Å². The van der Waals surface area contributed by atoms with Gasteiger partial charge in [0.1, 0.15) is 18.2 Å². The highest BCUT2D eigenvalue weighted by Crippen LogP contribution is 2.32. The summed E-state index contributed by atoms with van der Waals surface area (Å²) in [6.07, 6.45) is 1.52. The molecule has 0 atom stereocenters. The first-order chi connectivity index (χ1) is 10.1. The van der Waals surface area contributed by atoms with Crippen LogP contribution < -0.4 is 9.47 Å². The summed E-state index contributed by atoms with van der Waals surface area (Å²) in [6.45, 7) is 3.71. The van der Waals surface area contributed by atoms with Gasteiger partial charge < -0.3 is 9.47 Å². The number of benzene rings is 2. The average Bonchev–Trinajstić information content (AvgIpc) is 2.48. The Morgan fingerprint density at radius 1 is 1.05 bits per heavy atom. The van der Waals surface area contributed by atoms with Gasteiger partial charge in [-0.05, 0) is 24.3 Å². The minimum absolute atomic E-state index is 0.0555. The van der Waals surface area contributed by atoms with Crippen molar-refractivity contribution in [2.45, 2.75) is 0 Å². The zero-order valence-corrected chi connectivity index (χ0v) is 11.3. The molecule has 2 nitrogen and oxygen atoms in total. The maximum absolute atomic E-state index is 14.0. The molecular formula is C16H13F3O2. The van der Waals surface area contributed by atoms with E-state index in [1.54, 1.807) is 0 Å². The van der Waals surface area contributed by atoms with Crippen molar-refractivity contribution in [3.63, 3.8) is 0 Å². The monoisotopic (exact) mass is 294 g/mol. The van der Waals surface area contributed by atoms with Crippen LogP contribution in [0.5, 0.6) is 11.5 Å². The summed E-state index contributed by atoms with van der Waals surface area (Å²) in [4.78, 5) is 0. The third-order valence-corrected chi connectivity index (χ3v) is 2.87. The summed E-state index contributed by atoms with van der Waals surface area (Å²) in [5, 5.41) is 0. The molecule has 0 aliphatic carbocycles. The van der Waals surface area contributed by atoms with Gasteiger partial charge in [0, 0.05) is 17.2 Å². The third kappa shape index (κ3) is 3.02. The molecule has 0 unspecified atom stereocenters. The summed E-state index contributed by atoms with van der Waals surface area (Å²) in [7, 11) is 1.23. The van der Waals surface area contributed by atoms with Crippen LogP contribution in [0.15, 0.2) is 43.0 Å². The first kappa shape index (κ1) is 15.0. The molecule has 0 saturated carbocycles. The highest BCUT2D eigenvalue weighted by atomic mass is 19.2. The molecular weight excluding hydrogens is 281 g/mol. The Morgan fingerprint density at radius 3 is 2.38 bits per heavy atom. The van der Waals surface area contributed by atoms with E-state index in [2.05, 4.69) is 11.3 Å². The molecule has 0 spiro atoms. The van der Waals surface area contributed by atoms with E-state index in [-0.39, 0.29) is 29.2 Å². The van der Waals surface area contributed by atoms with Crippen LogP contribution in [0.25, 0.3) is 11.1 Å². The molecule has 0 aliphatic heterocycles. The third-order valence-electron chi connectivity index (χ3n) is 2.87. The number of rotatable bonds is 5. The molecule has 0 N–H and O–H groups in total. The maximum Gasteiger partial charge on any atom is 0.201 e. The van der Waals surface area contributed by atoms with Crippen molar-refractivity contribution < 1.29 is 22.6 Å². The van der Waals surface area contributed by atoms with E-state index in [1.165, 1.54) is 37.5 Å². The van der Waals surface area contributed by atoms with Gasteiger partial charge in [0.05, 0.1) is 7.11 Å². The molecule has 0 saturated heterocycles. The minimum Gasteiger partial charge on any atom is -0.494 e. The molecule has 5 heteroatoms. The largest absolute Gasteiger partial charge is 0.494 e. The van der Waals surface area contributed by atoms with Gasteiger partial charge in [0.25, 0.3) is 0 Å². The van der Waals surface area contributed by atoms with Crippen molar-refractivity contribution in [3.8, 4) is 22.6 Å². The molecule has 0 aliphatic rings. The van der Waals surface area contributed by atoms with Crippen LogP contribution in [-0.4, -0.2) is 13.7 Å². The van der Waals surface area contributed by atoms with Gasteiger partial charge in [0.2, 0.25) is 5.82 Å². The second-order valence-corrected chi connectivity index (χ2v) is 4.18. The van der Waals surface area contributed by atoms with Crippen LogP contribution in [0.2, 0.25) is 0 Å². The first-order valence-electron chi connectivity index (χ1n) is 6.14. The van der Waals surface area contributed by atoms with Crippen molar-refractivity contribution >= 4 is 0 Å². The Labute approximate surface area is 120 Å². The maximum atomic E-state index is 14.0. The standard InChI is InChI=1S/C16H13F3O2/c1-3-8-21-10-4-5-11(13(17)9-10)12-6-7-14(20-2)16(19)15(12)18/h3-7,9H,1,8H2,2H3. The van der Waals surface area contributed by atoms with Crippen LogP contribution in [-0.2, 0) is 0 Å². The van der Waals surface area contributed by atoms with Gasteiger partial charge in [0.15, 0.2) is 11.6 Å². The van der Waals surface area contributed by atoms with Crippen LogP contribution in [0, 0.1) is 17.5 Å². The summed E-state index contributed by atoms with van der Waals surface area (Å²) in [5.41, 5.74) is -0.235. The minimum atomic E-state index is -1.16. The van der Waals surface area contributed by atoms with Gasteiger partial charge in [-0.25, -0.2) is 8.78 Å². The number of methoxy groups -OCH3 is 1. The lowest BCUT2D eigenvalue weighted by Crippen LogP contribution is -1.97. The number of hydrogen-bond acceptors (Lipinski definition) is 2. The Bertz CT molecular complexity index is 669. The second-order valence-electron chi connectivity index (χ2n) is 4.18. The summed E-state index contributed by atoms with van der Waals surface area (Å²) < 4.78 is 51.5. The van der Waals surface area contributed by atoms with Crippen molar-refractivity contribution in [2.75, 3.05) is 13.7 Å². The fourth-order valence-corrected chi connectivity index (χ4v) is 1.86. The van der Waals surface area contributed by atoms with Gasteiger partial charge in [-0.2, -0.15) is 4.39 Å². The predicted octanol–water partition coefficient (Wildman–Crippen LogP) is 4.34. The van der Waals surface area contributed by atoms with Crippen molar-refractivity contribution in [2.24, 2.45) is 0 Å². The lowest BCUT2D eigenvalue weighted by Gasteiger charge is -2.10. The van der Waals surface area contributed by atoms with Gasteiger partial charge in [-0.1, -0.05) is 12.7 Å². The molecule has 0 aromatic heterocycles. The fourth-order valence-electron chi connectivity index (χ4n) is 1.86. The van der Waals surface area contributed by atoms with E-state index in [0.717, 1.165) is 6.07 Å². The molecule has 2 aromatic rings. The molecule has 110 valence electrons. The van der Waals surface area contributed by atoms with Crippen molar-refractivity contribution in [1.29, 1.82) is 0 Å². The highest BCUT2D eigenvalue weighted by Gasteiger charge is 2.17. The van der Waals surface area contributed by atoms with Gasteiger partial charge in [-0.15, -0.1) is 0 Å².